The second kappa shape index (κ2) is 3.61. The standard InChI is InChI=1S/C11H12F2O2/c1-6-4-9(13)7(5-8(6)12)11(2,3)10(14)15/h4-5H,1-3H3,(H,14,15). The molecule has 0 saturated heterocycles. The van der Waals surface area contributed by atoms with Crippen LogP contribution in [-0.2, 0) is 10.2 Å². The highest BCUT2D eigenvalue weighted by Gasteiger charge is 2.32. The summed E-state index contributed by atoms with van der Waals surface area (Å²) in [7, 11) is 0. The lowest BCUT2D eigenvalue weighted by Crippen LogP contribution is -2.30. The molecule has 15 heavy (non-hydrogen) atoms. The molecule has 82 valence electrons. The van der Waals surface area contributed by atoms with Gasteiger partial charge in [0.2, 0.25) is 0 Å². The average molecular weight is 214 g/mol. The lowest BCUT2D eigenvalue weighted by Gasteiger charge is -2.20. The molecule has 1 aromatic carbocycles. The number of aryl methyl sites for hydroxylation is 1. The first-order valence-electron chi connectivity index (χ1n) is 4.46. The molecule has 0 heterocycles. The van der Waals surface area contributed by atoms with Gasteiger partial charge < -0.3 is 5.11 Å². The summed E-state index contributed by atoms with van der Waals surface area (Å²) in [6.45, 7) is 4.10. The monoisotopic (exact) mass is 214 g/mol. The highest BCUT2D eigenvalue weighted by molar-refractivity contribution is 5.80. The molecule has 2 nitrogen and oxygen atoms in total. The number of carboxylic acids is 1. The zero-order chi connectivity index (χ0) is 11.8. The molecule has 0 atom stereocenters. The van der Waals surface area contributed by atoms with Crippen LogP contribution in [0.3, 0.4) is 0 Å². The van der Waals surface area contributed by atoms with Crippen molar-refractivity contribution in [3.8, 4) is 0 Å². The first-order chi connectivity index (χ1) is 6.76. The van der Waals surface area contributed by atoms with E-state index in [2.05, 4.69) is 0 Å². The van der Waals surface area contributed by atoms with Crippen LogP contribution in [0.1, 0.15) is 25.0 Å². The largest absolute Gasteiger partial charge is 0.481 e. The number of rotatable bonds is 2. The van der Waals surface area contributed by atoms with Gasteiger partial charge in [0.15, 0.2) is 0 Å². The van der Waals surface area contributed by atoms with Crippen molar-refractivity contribution in [3.63, 3.8) is 0 Å². The van der Waals surface area contributed by atoms with Gasteiger partial charge >= 0.3 is 5.97 Å². The average Bonchev–Trinajstić information content (AvgIpc) is 2.10. The minimum Gasteiger partial charge on any atom is -0.481 e. The lowest BCUT2D eigenvalue weighted by molar-refractivity contribution is -0.142. The minimum atomic E-state index is -1.43. The maximum Gasteiger partial charge on any atom is 0.313 e. The fourth-order valence-electron chi connectivity index (χ4n) is 1.24. The highest BCUT2D eigenvalue weighted by atomic mass is 19.1. The quantitative estimate of drug-likeness (QED) is 0.821. The van der Waals surface area contributed by atoms with Crippen LogP contribution >= 0.6 is 0 Å². The van der Waals surface area contributed by atoms with Crippen molar-refractivity contribution in [2.45, 2.75) is 26.2 Å². The summed E-state index contributed by atoms with van der Waals surface area (Å²) < 4.78 is 26.6. The molecule has 0 unspecified atom stereocenters. The minimum absolute atomic E-state index is 0.141. The van der Waals surface area contributed by atoms with Gasteiger partial charge in [-0.3, -0.25) is 4.79 Å². The van der Waals surface area contributed by atoms with E-state index in [1.165, 1.54) is 20.8 Å². The van der Waals surface area contributed by atoms with Crippen LogP contribution in [0, 0.1) is 18.6 Å². The van der Waals surface area contributed by atoms with Crippen molar-refractivity contribution in [1.29, 1.82) is 0 Å². The molecular weight excluding hydrogens is 202 g/mol. The van der Waals surface area contributed by atoms with Gasteiger partial charge in [-0.2, -0.15) is 0 Å². The van der Waals surface area contributed by atoms with E-state index in [4.69, 9.17) is 5.11 Å². The molecule has 0 amide bonds. The Kier molecular flexibility index (Phi) is 2.79. The predicted molar refractivity (Wildman–Crippen MR) is 51.8 cm³/mol. The number of hydrogen-bond donors (Lipinski definition) is 1. The van der Waals surface area contributed by atoms with Gasteiger partial charge in [-0.15, -0.1) is 0 Å². The third-order valence-corrected chi connectivity index (χ3v) is 2.46. The smallest absolute Gasteiger partial charge is 0.313 e. The zero-order valence-corrected chi connectivity index (χ0v) is 8.77. The van der Waals surface area contributed by atoms with E-state index in [9.17, 15) is 13.6 Å². The van der Waals surface area contributed by atoms with E-state index < -0.39 is 23.0 Å². The van der Waals surface area contributed by atoms with Crippen molar-refractivity contribution >= 4 is 5.97 Å². The number of halogens is 2. The van der Waals surface area contributed by atoms with Crippen molar-refractivity contribution < 1.29 is 18.7 Å². The van der Waals surface area contributed by atoms with E-state index in [0.29, 0.717) is 0 Å². The van der Waals surface area contributed by atoms with Gasteiger partial charge in [0.1, 0.15) is 11.6 Å². The summed E-state index contributed by atoms with van der Waals surface area (Å²) >= 11 is 0. The van der Waals surface area contributed by atoms with Crippen LogP contribution in [0.25, 0.3) is 0 Å². The van der Waals surface area contributed by atoms with E-state index >= 15 is 0 Å². The van der Waals surface area contributed by atoms with E-state index in [1.54, 1.807) is 0 Å². The van der Waals surface area contributed by atoms with E-state index in [0.717, 1.165) is 12.1 Å². The lowest BCUT2D eigenvalue weighted by atomic mass is 9.84. The fraction of sp³-hybridized carbons (Fsp3) is 0.364. The molecule has 1 rings (SSSR count). The van der Waals surface area contributed by atoms with Crippen molar-refractivity contribution in [3.05, 3.63) is 34.9 Å². The molecular formula is C11H12F2O2. The molecule has 0 spiro atoms. The van der Waals surface area contributed by atoms with Crippen molar-refractivity contribution in [1.82, 2.24) is 0 Å². The maximum atomic E-state index is 13.5. The van der Waals surface area contributed by atoms with Gasteiger partial charge in [-0.05, 0) is 38.5 Å². The van der Waals surface area contributed by atoms with Crippen LogP contribution in [0.4, 0.5) is 8.78 Å². The number of benzene rings is 1. The Morgan fingerprint density at radius 1 is 1.27 bits per heavy atom. The SMILES string of the molecule is Cc1cc(F)c(C(C)(C)C(=O)O)cc1F. The summed E-state index contributed by atoms with van der Waals surface area (Å²) in [5, 5.41) is 8.89. The van der Waals surface area contributed by atoms with Gasteiger partial charge in [-0.25, -0.2) is 8.78 Å². The number of aliphatic carboxylic acids is 1. The summed E-state index contributed by atoms with van der Waals surface area (Å²) in [6, 6.07) is 1.95. The Bertz CT molecular complexity index is 411. The summed E-state index contributed by atoms with van der Waals surface area (Å²) in [5.74, 6) is -2.48. The van der Waals surface area contributed by atoms with Crippen LogP contribution in [0.5, 0.6) is 0 Å². The van der Waals surface area contributed by atoms with Crippen LogP contribution in [-0.4, -0.2) is 11.1 Å². The molecule has 0 saturated carbocycles. The Morgan fingerprint density at radius 2 is 1.80 bits per heavy atom. The predicted octanol–water partition coefficient (Wildman–Crippen LogP) is 2.64. The molecule has 1 aromatic rings. The Hall–Kier alpha value is -1.45. The van der Waals surface area contributed by atoms with Crippen LogP contribution in [0.2, 0.25) is 0 Å². The normalized spacial score (nSPS) is 11.5. The van der Waals surface area contributed by atoms with Crippen LogP contribution in [0.15, 0.2) is 12.1 Å². The number of carbonyl (C=O) groups is 1. The first kappa shape index (κ1) is 11.6. The number of hydrogen-bond acceptors (Lipinski definition) is 1. The Labute approximate surface area is 86.5 Å². The van der Waals surface area contributed by atoms with Crippen molar-refractivity contribution in [2.24, 2.45) is 0 Å². The fourth-order valence-corrected chi connectivity index (χ4v) is 1.24. The topological polar surface area (TPSA) is 37.3 Å². The molecule has 1 N–H and O–H groups in total. The molecule has 0 aliphatic rings. The molecule has 4 heteroatoms. The second-order valence-corrected chi connectivity index (χ2v) is 4.01. The zero-order valence-electron chi connectivity index (χ0n) is 8.77. The summed E-state index contributed by atoms with van der Waals surface area (Å²) in [4.78, 5) is 10.9. The van der Waals surface area contributed by atoms with Gasteiger partial charge in [0.25, 0.3) is 0 Å². The summed E-state index contributed by atoms with van der Waals surface area (Å²) in [5.41, 5.74) is -1.41. The molecule has 0 fully saturated rings. The first-order valence-corrected chi connectivity index (χ1v) is 4.46. The third kappa shape index (κ3) is 1.98. The van der Waals surface area contributed by atoms with Gasteiger partial charge in [-0.1, -0.05) is 0 Å². The third-order valence-electron chi connectivity index (χ3n) is 2.46. The molecule has 0 bridgehead atoms. The van der Waals surface area contributed by atoms with Gasteiger partial charge in [0.05, 0.1) is 5.41 Å². The molecule has 0 aliphatic heterocycles. The Morgan fingerprint density at radius 3 is 2.27 bits per heavy atom. The number of carboxylic acid groups (broad SMARTS) is 1. The van der Waals surface area contributed by atoms with Crippen LogP contribution < -0.4 is 0 Å². The molecule has 0 aliphatic carbocycles. The van der Waals surface area contributed by atoms with E-state index in [-0.39, 0.29) is 11.1 Å². The highest BCUT2D eigenvalue weighted by Crippen LogP contribution is 2.27. The molecule has 0 aromatic heterocycles. The molecule has 0 radical (unpaired) electrons. The van der Waals surface area contributed by atoms with Crippen molar-refractivity contribution in [2.75, 3.05) is 0 Å². The van der Waals surface area contributed by atoms with Gasteiger partial charge in [0, 0.05) is 5.56 Å². The van der Waals surface area contributed by atoms with E-state index in [1.807, 2.05) is 0 Å². The Balaban J connectivity index is 3.38. The summed E-state index contributed by atoms with van der Waals surface area (Å²) in [6.07, 6.45) is 0. The maximum absolute atomic E-state index is 13.5. The second-order valence-electron chi connectivity index (χ2n) is 4.01.